The molecule has 112 valence electrons. The fraction of sp³-hybridized carbons (Fsp3) is 0.250. The van der Waals surface area contributed by atoms with Crippen molar-refractivity contribution in [2.45, 2.75) is 11.4 Å². The van der Waals surface area contributed by atoms with Crippen molar-refractivity contribution in [2.75, 3.05) is 23.7 Å². The van der Waals surface area contributed by atoms with Gasteiger partial charge in [-0.25, -0.2) is 4.98 Å². The summed E-state index contributed by atoms with van der Waals surface area (Å²) in [5, 5.41) is -0.0472. The number of aromatic amines is 1. The molecule has 2 heterocycles. The average molecular weight is 310 g/mol. The summed E-state index contributed by atoms with van der Waals surface area (Å²) in [5.74, 6) is 0.971. The number of nitrogen functional groups attached to an aromatic ring is 1. The summed E-state index contributed by atoms with van der Waals surface area (Å²) < 4.78 is 37.7. The minimum Gasteiger partial charge on any atom is -0.489 e. The highest BCUT2D eigenvalue weighted by molar-refractivity contribution is 7.92. The molecule has 0 saturated heterocycles. The third kappa shape index (κ3) is 2.72. The standard InChI is InChI=1S/C12H14N4O4S/c13-8-4-10-11(20-3-1-2-19-10)5-9(8)16-21(17,18)12-6-14-7-15-12/h4-7,16H,1-3,13H2,(H,14,15). The first-order valence-electron chi connectivity index (χ1n) is 6.26. The minimum absolute atomic E-state index is 0.0472. The lowest BCUT2D eigenvalue weighted by Crippen LogP contribution is -2.14. The summed E-state index contributed by atoms with van der Waals surface area (Å²) in [6.45, 7) is 1.04. The lowest BCUT2D eigenvalue weighted by atomic mass is 10.2. The number of aromatic nitrogens is 2. The van der Waals surface area contributed by atoms with Crippen molar-refractivity contribution in [1.29, 1.82) is 0 Å². The van der Waals surface area contributed by atoms with Gasteiger partial charge in [-0.2, -0.15) is 8.42 Å². The Morgan fingerprint density at radius 2 is 1.95 bits per heavy atom. The third-order valence-corrected chi connectivity index (χ3v) is 4.22. The first kappa shape index (κ1) is 13.6. The number of hydrogen-bond donors (Lipinski definition) is 3. The van der Waals surface area contributed by atoms with E-state index in [0.29, 0.717) is 24.7 Å². The van der Waals surface area contributed by atoms with Crippen molar-refractivity contribution in [2.24, 2.45) is 0 Å². The summed E-state index contributed by atoms with van der Waals surface area (Å²) in [6, 6.07) is 3.06. The van der Waals surface area contributed by atoms with Crippen LogP contribution in [0.25, 0.3) is 0 Å². The van der Waals surface area contributed by atoms with Gasteiger partial charge in [0.1, 0.15) is 0 Å². The molecule has 0 saturated carbocycles. The van der Waals surface area contributed by atoms with Gasteiger partial charge in [0.15, 0.2) is 16.5 Å². The number of anilines is 2. The van der Waals surface area contributed by atoms with Crippen molar-refractivity contribution < 1.29 is 17.9 Å². The van der Waals surface area contributed by atoms with Crippen LogP contribution < -0.4 is 19.9 Å². The number of H-pyrrole nitrogens is 1. The second-order valence-corrected chi connectivity index (χ2v) is 6.11. The van der Waals surface area contributed by atoms with Crippen molar-refractivity contribution in [3.05, 3.63) is 24.7 Å². The molecule has 0 aliphatic carbocycles. The van der Waals surface area contributed by atoms with Crippen LogP contribution in [0.2, 0.25) is 0 Å². The highest BCUT2D eigenvalue weighted by Crippen LogP contribution is 2.37. The summed E-state index contributed by atoms with van der Waals surface area (Å²) in [4.78, 5) is 6.22. The van der Waals surface area contributed by atoms with Crippen molar-refractivity contribution in [1.82, 2.24) is 9.97 Å². The number of hydrogen-bond acceptors (Lipinski definition) is 6. The first-order chi connectivity index (χ1) is 10.1. The van der Waals surface area contributed by atoms with Crippen LogP contribution in [0.5, 0.6) is 11.5 Å². The number of nitrogens with one attached hydrogen (secondary N) is 2. The molecule has 0 bridgehead atoms. The van der Waals surface area contributed by atoms with Gasteiger partial charge >= 0.3 is 0 Å². The Morgan fingerprint density at radius 3 is 2.62 bits per heavy atom. The third-order valence-electron chi connectivity index (χ3n) is 2.93. The van der Waals surface area contributed by atoms with E-state index in [0.717, 1.165) is 6.42 Å². The van der Waals surface area contributed by atoms with E-state index >= 15 is 0 Å². The molecule has 1 aliphatic heterocycles. The lowest BCUT2D eigenvalue weighted by Gasteiger charge is -2.13. The van der Waals surface area contributed by atoms with Gasteiger partial charge in [0.2, 0.25) is 0 Å². The predicted octanol–water partition coefficient (Wildman–Crippen LogP) is 0.954. The molecule has 0 spiro atoms. The summed E-state index contributed by atoms with van der Waals surface area (Å²) in [5.41, 5.74) is 6.35. The topological polar surface area (TPSA) is 119 Å². The van der Waals surface area contributed by atoms with E-state index in [2.05, 4.69) is 14.7 Å². The first-order valence-corrected chi connectivity index (χ1v) is 7.75. The summed E-state index contributed by atoms with van der Waals surface area (Å²) in [6.07, 6.45) is 3.25. The Bertz CT molecular complexity index is 743. The molecule has 3 rings (SSSR count). The number of imidazole rings is 1. The molecule has 2 aromatic rings. The molecule has 0 atom stereocenters. The Labute approximate surface area is 121 Å². The zero-order chi connectivity index (χ0) is 14.9. The highest BCUT2D eigenvalue weighted by atomic mass is 32.2. The maximum absolute atomic E-state index is 12.1. The number of sulfonamides is 1. The molecule has 0 radical (unpaired) electrons. The number of nitrogens with zero attached hydrogens (tertiary/aromatic N) is 1. The molecule has 0 fully saturated rings. The number of benzene rings is 1. The molecule has 9 heteroatoms. The largest absolute Gasteiger partial charge is 0.489 e. The van der Waals surface area contributed by atoms with Gasteiger partial charge < -0.3 is 20.2 Å². The molecular formula is C12H14N4O4S. The van der Waals surface area contributed by atoms with Crippen molar-refractivity contribution in [3.8, 4) is 11.5 Å². The van der Waals surface area contributed by atoms with E-state index in [9.17, 15) is 8.42 Å². The van der Waals surface area contributed by atoms with E-state index in [-0.39, 0.29) is 16.4 Å². The zero-order valence-electron chi connectivity index (χ0n) is 11.0. The summed E-state index contributed by atoms with van der Waals surface area (Å²) >= 11 is 0. The van der Waals surface area contributed by atoms with Crippen LogP contribution in [0.3, 0.4) is 0 Å². The molecular weight excluding hydrogens is 296 g/mol. The molecule has 0 unspecified atom stereocenters. The van der Waals surface area contributed by atoms with Crippen LogP contribution in [0.1, 0.15) is 6.42 Å². The second kappa shape index (κ2) is 5.17. The van der Waals surface area contributed by atoms with Crippen molar-refractivity contribution >= 4 is 21.4 Å². The molecule has 1 aliphatic rings. The molecule has 1 aromatic heterocycles. The van der Waals surface area contributed by atoms with E-state index in [1.54, 1.807) is 6.07 Å². The fourth-order valence-corrected chi connectivity index (χ4v) is 2.89. The van der Waals surface area contributed by atoms with Crippen LogP contribution >= 0.6 is 0 Å². The second-order valence-electron chi connectivity index (χ2n) is 4.46. The van der Waals surface area contributed by atoms with Gasteiger partial charge in [0.25, 0.3) is 10.0 Å². The lowest BCUT2D eigenvalue weighted by molar-refractivity contribution is 0.297. The smallest absolute Gasteiger partial charge is 0.279 e. The SMILES string of the molecule is Nc1cc2c(cc1NS(=O)(=O)c1cnc[nH]1)OCCCO2. The van der Waals surface area contributed by atoms with E-state index in [1.807, 2.05) is 0 Å². The van der Waals surface area contributed by atoms with E-state index < -0.39 is 10.0 Å². The quantitative estimate of drug-likeness (QED) is 0.726. The Balaban J connectivity index is 1.94. The zero-order valence-corrected chi connectivity index (χ0v) is 11.8. The van der Waals surface area contributed by atoms with Gasteiger partial charge in [-0.1, -0.05) is 0 Å². The predicted molar refractivity (Wildman–Crippen MR) is 75.9 cm³/mol. The molecule has 4 N–H and O–H groups in total. The highest BCUT2D eigenvalue weighted by Gasteiger charge is 2.20. The Hall–Kier alpha value is -2.42. The van der Waals surface area contributed by atoms with Gasteiger partial charge in [-0.3, -0.25) is 4.72 Å². The molecule has 1 aromatic carbocycles. The van der Waals surface area contributed by atoms with Crippen LogP contribution in [0.4, 0.5) is 11.4 Å². The summed E-state index contributed by atoms with van der Waals surface area (Å²) in [7, 11) is -3.77. The monoisotopic (exact) mass is 310 g/mol. The van der Waals surface area contributed by atoms with Gasteiger partial charge in [0.05, 0.1) is 37.1 Å². The maximum Gasteiger partial charge on any atom is 0.279 e. The molecule has 21 heavy (non-hydrogen) atoms. The Kier molecular flexibility index (Phi) is 3.34. The average Bonchev–Trinajstić information content (AvgIpc) is 2.89. The van der Waals surface area contributed by atoms with E-state index in [4.69, 9.17) is 15.2 Å². The van der Waals surface area contributed by atoms with Gasteiger partial charge in [-0.05, 0) is 0 Å². The van der Waals surface area contributed by atoms with E-state index in [1.165, 1.54) is 18.6 Å². The molecule has 0 amide bonds. The Morgan fingerprint density at radius 1 is 1.24 bits per heavy atom. The van der Waals surface area contributed by atoms with Crippen LogP contribution in [-0.4, -0.2) is 31.6 Å². The normalized spacial score (nSPS) is 14.5. The van der Waals surface area contributed by atoms with Crippen molar-refractivity contribution in [3.63, 3.8) is 0 Å². The maximum atomic E-state index is 12.1. The molecule has 8 nitrogen and oxygen atoms in total. The van der Waals surface area contributed by atoms with Crippen LogP contribution in [0.15, 0.2) is 29.7 Å². The number of rotatable bonds is 3. The van der Waals surface area contributed by atoms with Gasteiger partial charge in [-0.15, -0.1) is 0 Å². The van der Waals surface area contributed by atoms with Crippen LogP contribution in [-0.2, 0) is 10.0 Å². The number of ether oxygens (including phenoxy) is 2. The number of nitrogens with two attached hydrogens (primary N) is 1. The fourth-order valence-electron chi connectivity index (χ4n) is 1.90. The van der Waals surface area contributed by atoms with Crippen LogP contribution in [0, 0.1) is 0 Å². The minimum atomic E-state index is -3.77. The van der Waals surface area contributed by atoms with Gasteiger partial charge in [0, 0.05) is 18.6 Å². The number of fused-ring (bicyclic) bond motifs is 1.